The number of aliphatic hydroxyl groups is 1. The van der Waals surface area contributed by atoms with Gasteiger partial charge in [0.25, 0.3) is 0 Å². The van der Waals surface area contributed by atoms with Gasteiger partial charge in [-0.3, -0.25) is 5.21 Å². The second-order valence-electron chi connectivity index (χ2n) is 2.26. The Hall–Kier alpha value is -0.710. The van der Waals surface area contributed by atoms with E-state index in [2.05, 4.69) is 0 Å². The molecule has 0 bridgehead atoms. The molecule has 2 rings (SSSR count). The Morgan fingerprint density at radius 2 is 2.09 bits per heavy atom. The van der Waals surface area contributed by atoms with E-state index in [1.807, 2.05) is 18.2 Å². The van der Waals surface area contributed by atoms with Gasteiger partial charge >= 0.3 is 0 Å². The van der Waals surface area contributed by atoms with Gasteiger partial charge in [-0.05, 0) is 12.1 Å². The highest BCUT2D eigenvalue weighted by molar-refractivity contribution is 8.00. The normalized spacial score (nSPS) is 22.0. The van der Waals surface area contributed by atoms with E-state index < -0.39 is 5.56 Å². The van der Waals surface area contributed by atoms with E-state index in [1.54, 1.807) is 6.07 Å². The van der Waals surface area contributed by atoms with E-state index >= 15 is 0 Å². The van der Waals surface area contributed by atoms with Gasteiger partial charge in [0.15, 0.2) is 0 Å². The van der Waals surface area contributed by atoms with Crippen molar-refractivity contribution < 1.29 is 10.3 Å². The highest BCUT2D eigenvalue weighted by Gasteiger charge is 2.26. The number of hydrogen-bond donors (Lipinski definition) is 2. The Kier molecular flexibility index (Phi) is 1.52. The molecule has 0 saturated carbocycles. The van der Waals surface area contributed by atoms with Gasteiger partial charge in [-0.25, -0.2) is 5.06 Å². The lowest BCUT2D eigenvalue weighted by molar-refractivity contribution is 0.130. The first-order valence-corrected chi connectivity index (χ1v) is 4.09. The van der Waals surface area contributed by atoms with E-state index in [4.69, 9.17) is 5.11 Å². The van der Waals surface area contributed by atoms with Crippen molar-refractivity contribution in [2.24, 2.45) is 0 Å². The zero-order chi connectivity index (χ0) is 7.84. The highest BCUT2D eigenvalue weighted by atomic mass is 32.2. The van der Waals surface area contributed by atoms with Gasteiger partial charge in [-0.1, -0.05) is 23.9 Å². The van der Waals surface area contributed by atoms with Gasteiger partial charge in [-0.15, -0.1) is 0 Å². The summed E-state index contributed by atoms with van der Waals surface area (Å²) in [6.07, 6.45) is 0. The molecule has 3 nitrogen and oxygen atoms in total. The van der Waals surface area contributed by atoms with Crippen LogP contribution < -0.4 is 5.06 Å². The van der Waals surface area contributed by atoms with Crippen LogP contribution in [0.15, 0.2) is 29.2 Å². The summed E-state index contributed by atoms with van der Waals surface area (Å²) >= 11 is 1.23. The van der Waals surface area contributed by atoms with Gasteiger partial charge in [0, 0.05) is 4.90 Å². The van der Waals surface area contributed by atoms with Crippen molar-refractivity contribution in [2.45, 2.75) is 10.5 Å². The summed E-state index contributed by atoms with van der Waals surface area (Å²) < 4.78 is 0. The molecule has 4 heteroatoms. The van der Waals surface area contributed by atoms with Crippen molar-refractivity contribution in [1.29, 1.82) is 0 Å². The molecule has 0 radical (unpaired) electrons. The molecule has 0 spiro atoms. The van der Waals surface area contributed by atoms with Crippen LogP contribution in [0.4, 0.5) is 5.69 Å². The zero-order valence-electron chi connectivity index (χ0n) is 5.64. The summed E-state index contributed by atoms with van der Waals surface area (Å²) in [5, 5.41) is 19.2. The van der Waals surface area contributed by atoms with E-state index in [0.29, 0.717) is 5.69 Å². The van der Waals surface area contributed by atoms with Crippen molar-refractivity contribution >= 4 is 17.4 Å². The number of fused-ring (bicyclic) bond motifs is 1. The van der Waals surface area contributed by atoms with Crippen LogP contribution in [0.1, 0.15) is 0 Å². The predicted octanol–water partition coefficient (Wildman–Crippen LogP) is 1.26. The molecular weight excluding hydrogens is 162 g/mol. The number of benzene rings is 1. The third-order valence-corrected chi connectivity index (χ3v) is 2.56. The Bertz CT molecular complexity index is 279. The van der Waals surface area contributed by atoms with Gasteiger partial charge in [-0.2, -0.15) is 0 Å². The average Bonchev–Trinajstić information content (AvgIpc) is 2.30. The zero-order valence-corrected chi connectivity index (χ0v) is 6.45. The fourth-order valence-electron chi connectivity index (χ4n) is 1.03. The molecule has 11 heavy (non-hydrogen) atoms. The average molecular weight is 169 g/mol. The largest absolute Gasteiger partial charge is 0.363 e. The molecule has 0 saturated heterocycles. The summed E-state index contributed by atoms with van der Waals surface area (Å²) in [5.74, 6) is 0. The molecular formula is C7H7NO2S. The fraction of sp³-hybridized carbons (Fsp3) is 0.143. The van der Waals surface area contributed by atoms with Crippen LogP contribution >= 0.6 is 11.8 Å². The summed E-state index contributed by atoms with van der Waals surface area (Å²) in [5.41, 5.74) is -0.183. The summed E-state index contributed by atoms with van der Waals surface area (Å²) in [6, 6.07) is 7.32. The second-order valence-corrected chi connectivity index (χ2v) is 3.35. The molecule has 1 heterocycles. The van der Waals surface area contributed by atoms with Gasteiger partial charge < -0.3 is 5.11 Å². The minimum Gasteiger partial charge on any atom is -0.363 e. The molecule has 1 aliphatic heterocycles. The van der Waals surface area contributed by atoms with Crippen LogP contribution in [-0.4, -0.2) is 15.9 Å². The molecule has 1 atom stereocenters. The maximum Gasteiger partial charge on any atom is 0.204 e. The Labute approximate surface area is 68.2 Å². The molecule has 0 amide bonds. The summed E-state index contributed by atoms with van der Waals surface area (Å²) in [4.78, 5) is 0.905. The van der Waals surface area contributed by atoms with E-state index in [0.717, 1.165) is 9.96 Å². The second kappa shape index (κ2) is 2.41. The van der Waals surface area contributed by atoms with Crippen molar-refractivity contribution in [3.05, 3.63) is 24.3 Å². The van der Waals surface area contributed by atoms with Crippen LogP contribution in [0.3, 0.4) is 0 Å². The molecule has 1 aliphatic rings. The SMILES string of the molecule is OC1Sc2ccccc2N1O. The molecule has 2 N–H and O–H groups in total. The lowest BCUT2D eigenvalue weighted by atomic mass is 10.3. The minimum atomic E-state index is -0.854. The highest BCUT2D eigenvalue weighted by Crippen LogP contribution is 2.40. The monoisotopic (exact) mass is 169 g/mol. The molecule has 1 aromatic rings. The first kappa shape index (κ1) is 6.97. The first-order valence-electron chi connectivity index (χ1n) is 3.21. The van der Waals surface area contributed by atoms with Crippen molar-refractivity contribution in [3.8, 4) is 0 Å². The fourth-order valence-corrected chi connectivity index (χ4v) is 1.91. The summed E-state index contributed by atoms with van der Waals surface area (Å²) in [6.45, 7) is 0. The molecule has 1 aromatic carbocycles. The number of hydrogen-bond acceptors (Lipinski definition) is 4. The number of anilines is 1. The number of aliphatic hydroxyl groups excluding tert-OH is 1. The topological polar surface area (TPSA) is 43.7 Å². The number of rotatable bonds is 0. The number of nitrogens with zero attached hydrogens (tertiary/aromatic N) is 1. The van der Waals surface area contributed by atoms with Crippen LogP contribution in [0.5, 0.6) is 0 Å². The third-order valence-electron chi connectivity index (χ3n) is 1.55. The number of thioether (sulfide) groups is 1. The van der Waals surface area contributed by atoms with E-state index in [9.17, 15) is 5.21 Å². The van der Waals surface area contributed by atoms with Crippen molar-refractivity contribution in [3.63, 3.8) is 0 Å². The third kappa shape index (κ3) is 0.994. The quantitative estimate of drug-likeness (QED) is 0.613. The van der Waals surface area contributed by atoms with Crippen molar-refractivity contribution in [1.82, 2.24) is 0 Å². The van der Waals surface area contributed by atoms with Gasteiger partial charge in [0.05, 0.1) is 5.69 Å². The Balaban J connectivity index is 2.47. The number of hydroxylamine groups is 1. The molecule has 0 fully saturated rings. The summed E-state index contributed by atoms with van der Waals surface area (Å²) in [7, 11) is 0. The molecule has 0 aromatic heterocycles. The Morgan fingerprint density at radius 3 is 2.82 bits per heavy atom. The van der Waals surface area contributed by atoms with Crippen LogP contribution in [0.2, 0.25) is 0 Å². The Morgan fingerprint density at radius 1 is 1.36 bits per heavy atom. The van der Waals surface area contributed by atoms with E-state index in [-0.39, 0.29) is 0 Å². The van der Waals surface area contributed by atoms with Gasteiger partial charge in [0.1, 0.15) is 0 Å². The number of para-hydroxylation sites is 1. The van der Waals surface area contributed by atoms with Crippen LogP contribution in [0, 0.1) is 0 Å². The van der Waals surface area contributed by atoms with Crippen molar-refractivity contribution in [2.75, 3.05) is 5.06 Å². The smallest absolute Gasteiger partial charge is 0.204 e. The lowest BCUT2D eigenvalue weighted by Crippen LogP contribution is -2.24. The predicted molar refractivity (Wildman–Crippen MR) is 42.6 cm³/mol. The lowest BCUT2D eigenvalue weighted by Gasteiger charge is -2.12. The standard InChI is InChI=1S/C7H7NO2S/c9-7-8(10)5-3-1-2-4-6(5)11-7/h1-4,7,9-10H. The molecule has 58 valence electrons. The maximum absolute atomic E-state index is 9.21. The van der Waals surface area contributed by atoms with Gasteiger partial charge in [0.2, 0.25) is 5.56 Å². The van der Waals surface area contributed by atoms with Crippen LogP contribution in [-0.2, 0) is 0 Å². The van der Waals surface area contributed by atoms with Crippen LogP contribution in [0.25, 0.3) is 0 Å². The maximum atomic E-state index is 9.21. The molecule has 0 aliphatic carbocycles. The molecule has 1 unspecified atom stereocenters. The van der Waals surface area contributed by atoms with E-state index in [1.165, 1.54) is 11.8 Å². The first-order chi connectivity index (χ1) is 5.29. The minimum absolute atomic E-state index is 0.671.